The van der Waals surface area contributed by atoms with Crippen molar-refractivity contribution in [2.24, 2.45) is 0 Å². The Morgan fingerprint density at radius 2 is 1.48 bits per heavy atom. The fourth-order valence-electron chi connectivity index (χ4n) is 3.91. The number of aryl methyl sites for hydroxylation is 2. The second-order valence-corrected chi connectivity index (χ2v) is 11.6. The third-order valence-electron chi connectivity index (χ3n) is 5.27. The summed E-state index contributed by atoms with van der Waals surface area (Å²) in [6.45, 7) is 0. The van der Waals surface area contributed by atoms with E-state index in [1.54, 1.807) is 30.3 Å². The molecule has 0 bridgehead atoms. The van der Waals surface area contributed by atoms with Crippen LogP contribution >= 0.6 is 0 Å². The zero-order valence-electron chi connectivity index (χ0n) is 17.3. The van der Waals surface area contributed by atoms with Gasteiger partial charge in [-0.3, -0.25) is 4.72 Å². The van der Waals surface area contributed by atoms with Crippen molar-refractivity contribution in [1.29, 1.82) is 0 Å². The summed E-state index contributed by atoms with van der Waals surface area (Å²) in [7, 11) is -6.68. The number of benzene rings is 3. The minimum Gasteiger partial charge on any atom is -0.284 e. The Labute approximate surface area is 183 Å². The van der Waals surface area contributed by atoms with Crippen LogP contribution in [0, 0.1) is 0 Å². The molecule has 0 aliphatic heterocycles. The summed E-state index contributed by atoms with van der Waals surface area (Å²) >= 11 is 0. The number of fused-ring (bicyclic) bond motifs is 2. The van der Waals surface area contributed by atoms with Crippen molar-refractivity contribution in [2.45, 2.75) is 17.7 Å². The van der Waals surface area contributed by atoms with Gasteiger partial charge in [-0.05, 0) is 76.6 Å². The highest BCUT2D eigenvalue weighted by Crippen LogP contribution is 2.36. The molecule has 0 heterocycles. The van der Waals surface area contributed by atoms with Gasteiger partial charge < -0.3 is 0 Å². The van der Waals surface area contributed by atoms with Crippen molar-refractivity contribution in [3.8, 4) is 0 Å². The molecular weight excluding hydrogens is 430 g/mol. The maximum absolute atomic E-state index is 12.1. The number of hydrogen-bond acceptors (Lipinski definition) is 4. The fourth-order valence-corrected chi connectivity index (χ4v) is 5.14. The zero-order valence-corrected chi connectivity index (χ0v) is 18.9. The molecule has 1 N–H and O–H groups in total. The molecule has 31 heavy (non-hydrogen) atoms. The van der Waals surface area contributed by atoms with Crippen molar-refractivity contribution < 1.29 is 16.8 Å². The van der Waals surface area contributed by atoms with Gasteiger partial charge >= 0.3 is 0 Å². The molecule has 1 aliphatic rings. The molecule has 0 unspecified atom stereocenters. The average Bonchev–Trinajstić information content (AvgIpc) is 2.83. The Morgan fingerprint density at radius 1 is 0.774 bits per heavy atom. The standard InChI is InChI=1S/C24H23NO4S2/c1-30(26,27)21-12-13-23-19(16-21)11-10-18-7-3-4-9-22(18)24(23)15-17-6-5-8-20(14-17)25-31(2,28)29/h3-9,12-16,25H,10-11H2,1-2H3/b24-15-. The van der Waals surface area contributed by atoms with E-state index >= 15 is 0 Å². The summed E-state index contributed by atoms with van der Waals surface area (Å²) in [6.07, 6.45) is 5.91. The van der Waals surface area contributed by atoms with Crippen molar-refractivity contribution >= 4 is 37.2 Å². The van der Waals surface area contributed by atoms with E-state index in [0.717, 1.165) is 46.9 Å². The van der Waals surface area contributed by atoms with E-state index in [0.29, 0.717) is 10.6 Å². The minimum absolute atomic E-state index is 0.316. The molecule has 160 valence electrons. The lowest BCUT2D eigenvalue weighted by Gasteiger charge is -2.14. The SMILES string of the molecule is CS(=O)(=O)Nc1cccc(/C=C2/c3ccccc3CCc3cc(S(C)(=O)=O)ccc32)c1. The van der Waals surface area contributed by atoms with Crippen molar-refractivity contribution in [2.75, 3.05) is 17.2 Å². The monoisotopic (exact) mass is 453 g/mol. The largest absolute Gasteiger partial charge is 0.284 e. The molecule has 3 aromatic rings. The highest BCUT2D eigenvalue weighted by Gasteiger charge is 2.20. The highest BCUT2D eigenvalue weighted by atomic mass is 32.2. The van der Waals surface area contributed by atoms with E-state index in [1.807, 2.05) is 30.3 Å². The Kier molecular flexibility index (Phi) is 5.49. The predicted octanol–water partition coefficient (Wildman–Crippen LogP) is 4.15. The maximum Gasteiger partial charge on any atom is 0.229 e. The van der Waals surface area contributed by atoms with Crippen molar-refractivity contribution in [3.05, 3.63) is 94.5 Å². The molecule has 0 spiro atoms. The normalized spacial score (nSPS) is 15.1. The smallest absolute Gasteiger partial charge is 0.229 e. The van der Waals surface area contributed by atoms with Crippen LogP contribution in [-0.2, 0) is 32.7 Å². The third kappa shape index (κ3) is 4.89. The molecular formula is C24H23NO4S2. The zero-order chi connectivity index (χ0) is 22.2. The summed E-state index contributed by atoms with van der Waals surface area (Å²) in [5.74, 6) is 0. The summed E-state index contributed by atoms with van der Waals surface area (Å²) in [5.41, 5.74) is 6.57. The van der Waals surface area contributed by atoms with Crippen LogP contribution < -0.4 is 4.72 Å². The Balaban J connectivity index is 1.90. The predicted molar refractivity (Wildman–Crippen MR) is 125 cm³/mol. The van der Waals surface area contributed by atoms with E-state index in [9.17, 15) is 16.8 Å². The number of hydrogen-bond donors (Lipinski definition) is 1. The first-order chi connectivity index (χ1) is 14.6. The van der Waals surface area contributed by atoms with Gasteiger partial charge in [-0.1, -0.05) is 42.5 Å². The number of sulfone groups is 1. The molecule has 1 aliphatic carbocycles. The molecule has 4 rings (SSSR count). The summed E-state index contributed by atoms with van der Waals surface area (Å²) in [4.78, 5) is 0.316. The molecule has 0 aromatic heterocycles. The van der Waals surface area contributed by atoms with Gasteiger partial charge in [0.15, 0.2) is 9.84 Å². The van der Waals surface area contributed by atoms with Crippen LogP contribution in [0.25, 0.3) is 11.6 Å². The molecule has 3 aromatic carbocycles. The summed E-state index contributed by atoms with van der Waals surface area (Å²) < 4.78 is 49.9. The first-order valence-electron chi connectivity index (χ1n) is 9.81. The lowest BCUT2D eigenvalue weighted by Crippen LogP contribution is -2.09. The molecule has 0 saturated heterocycles. The highest BCUT2D eigenvalue weighted by molar-refractivity contribution is 7.92. The summed E-state index contributed by atoms with van der Waals surface area (Å²) in [5, 5.41) is 0. The molecule has 0 radical (unpaired) electrons. The second-order valence-electron chi connectivity index (χ2n) is 7.81. The number of anilines is 1. The van der Waals surface area contributed by atoms with E-state index in [4.69, 9.17) is 0 Å². The van der Waals surface area contributed by atoms with Gasteiger partial charge in [0.05, 0.1) is 11.2 Å². The molecule has 5 nitrogen and oxygen atoms in total. The second kappa shape index (κ2) is 7.98. The van der Waals surface area contributed by atoms with Gasteiger partial charge in [-0.15, -0.1) is 0 Å². The van der Waals surface area contributed by atoms with Crippen LogP contribution in [0.4, 0.5) is 5.69 Å². The van der Waals surface area contributed by atoms with E-state index in [2.05, 4.69) is 16.9 Å². The molecule has 0 saturated carbocycles. The van der Waals surface area contributed by atoms with Gasteiger partial charge in [-0.25, -0.2) is 16.8 Å². The Morgan fingerprint density at radius 3 is 2.23 bits per heavy atom. The van der Waals surface area contributed by atoms with Crippen LogP contribution in [-0.4, -0.2) is 29.3 Å². The van der Waals surface area contributed by atoms with Gasteiger partial charge in [0.25, 0.3) is 0 Å². The van der Waals surface area contributed by atoms with Gasteiger partial charge in [-0.2, -0.15) is 0 Å². The van der Waals surface area contributed by atoms with Crippen molar-refractivity contribution in [1.82, 2.24) is 0 Å². The molecule has 0 atom stereocenters. The van der Waals surface area contributed by atoms with Gasteiger partial charge in [0.2, 0.25) is 10.0 Å². The van der Waals surface area contributed by atoms with Gasteiger partial charge in [0.1, 0.15) is 0 Å². The van der Waals surface area contributed by atoms with Crippen LogP contribution in [0.2, 0.25) is 0 Å². The Bertz CT molecular complexity index is 1400. The topological polar surface area (TPSA) is 80.3 Å². The third-order valence-corrected chi connectivity index (χ3v) is 6.98. The minimum atomic E-state index is -3.38. The first kappa shape index (κ1) is 21.3. The van der Waals surface area contributed by atoms with Gasteiger partial charge in [0, 0.05) is 11.9 Å². The fraction of sp³-hybridized carbons (Fsp3) is 0.167. The molecule has 7 heteroatoms. The number of nitrogens with one attached hydrogen (secondary N) is 1. The average molecular weight is 454 g/mol. The van der Waals surface area contributed by atoms with Crippen molar-refractivity contribution in [3.63, 3.8) is 0 Å². The van der Waals surface area contributed by atoms with Crippen LogP contribution in [0.5, 0.6) is 0 Å². The van der Waals surface area contributed by atoms with Crippen LogP contribution in [0.1, 0.15) is 27.8 Å². The van der Waals surface area contributed by atoms with E-state index in [1.165, 1.54) is 11.8 Å². The molecule has 0 fully saturated rings. The quantitative estimate of drug-likeness (QED) is 0.644. The first-order valence-corrected chi connectivity index (χ1v) is 13.6. The van der Waals surface area contributed by atoms with Crippen LogP contribution in [0.15, 0.2) is 71.6 Å². The number of sulfonamides is 1. The summed E-state index contributed by atoms with van der Waals surface area (Å²) in [6, 6.07) is 20.7. The molecule has 0 amide bonds. The lowest BCUT2D eigenvalue weighted by molar-refractivity contribution is 0.601. The number of rotatable bonds is 4. The van der Waals surface area contributed by atoms with E-state index < -0.39 is 19.9 Å². The maximum atomic E-state index is 12.1. The van der Waals surface area contributed by atoms with E-state index in [-0.39, 0.29) is 0 Å². The van der Waals surface area contributed by atoms with Crippen LogP contribution in [0.3, 0.4) is 0 Å². The lowest BCUT2D eigenvalue weighted by atomic mass is 9.92. The Hall–Kier alpha value is -2.90.